The molecular formula is C15H26N2. The third-order valence-corrected chi connectivity index (χ3v) is 6.26. The van der Waals surface area contributed by atoms with Gasteiger partial charge in [-0.1, -0.05) is 13.8 Å². The van der Waals surface area contributed by atoms with E-state index in [1.54, 1.807) is 0 Å². The van der Waals surface area contributed by atoms with E-state index in [9.17, 15) is 0 Å². The molecule has 17 heavy (non-hydrogen) atoms. The lowest BCUT2D eigenvalue weighted by atomic mass is 9.59. The average Bonchev–Trinajstić information content (AvgIpc) is 2.61. The van der Waals surface area contributed by atoms with Crippen LogP contribution in [0.3, 0.4) is 0 Å². The number of fused-ring (bicyclic) bond motifs is 4. The number of rotatable bonds is 1. The van der Waals surface area contributed by atoms with Crippen molar-refractivity contribution in [1.82, 2.24) is 10.6 Å². The summed E-state index contributed by atoms with van der Waals surface area (Å²) in [6.07, 6.45) is 7.21. The van der Waals surface area contributed by atoms with Crippen LogP contribution in [0.15, 0.2) is 0 Å². The second-order valence-corrected chi connectivity index (χ2v) is 7.33. The molecule has 2 heteroatoms. The molecular weight excluding hydrogens is 208 g/mol. The Bertz CT molecular complexity index is 308. The van der Waals surface area contributed by atoms with Crippen LogP contribution in [0.5, 0.6) is 0 Å². The molecule has 2 nitrogen and oxygen atoms in total. The number of hydrogen-bond acceptors (Lipinski definition) is 2. The zero-order valence-corrected chi connectivity index (χ0v) is 11.2. The SMILES string of the molecule is C[C@@H]1CC2CCC(N2)C1C1C2CC(C[C@@H]1C)N2. The van der Waals surface area contributed by atoms with E-state index in [0.717, 1.165) is 47.8 Å². The molecule has 0 aromatic carbocycles. The summed E-state index contributed by atoms with van der Waals surface area (Å²) in [4.78, 5) is 0. The van der Waals surface area contributed by atoms with Crippen molar-refractivity contribution in [3.05, 3.63) is 0 Å². The summed E-state index contributed by atoms with van der Waals surface area (Å²) in [5.74, 6) is 3.79. The first-order valence-corrected chi connectivity index (χ1v) is 7.74. The molecule has 0 aromatic heterocycles. The molecule has 96 valence electrons. The van der Waals surface area contributed by atoms with E-state index in [0.29, 0.717) is 0 Å². The van der Waals surface area contributed by atoms with Crippen LogP contribution < -0.4 is 10.6 Å². The van der Waals surface area contributed by atoms with Gasteiger partial charge in [-0.05, 0) is 55.8 Å². The zero-order chi connectivity index (χ0) is 11.6. The van der Waals surface area contributed by atoms with Gasteiger partial charge in [0.25, 0.3) is 0 Å². The molecule has 2 N–H and O–H groups in total. The summed E-state index contributed by atoms with van der Waals surface area (Å²) < 4.78 is 0. The molecule has 6 unspecified atom stereocenters. The molecule has 0 amide bonds. The van der Waals surface area contributed by atoms with E-state index in [4.69, 9.17) is 0 Å². The third kappa shape index (κ3) is 1.53. The first-order chi connectivity index (χ1) is 8.22. The molecule has 1 aliphatic carbocycles. The Hall–Kier alpha value is -0.0800. The molecule has 4 bridgehead atoms. The Morgan fingerprint density at radius 3 is 2.12 bits per heavy atom. The Kier molecular flexibility index (Phi) is 2.36. The minimum Gasteiger partial charge on any atom is -0.311 e. The molecule has 8 atom stereocenters. The standard InChI is InChI=1S/C15H26N2/c1-8-5-10-3-4-12(16-10)14(8)15-9(2)6-11-7-13(15)17-11/h8-17H,3-7H2,1-2H3/t8-,9+,10?,11?,12?,13?,14?,15?/m1/s1. The normalized spacial score (nSPS) is 61.1. The van der Waals surface area contributed by atoms with Crippen molar-refractivity contribution in [3.8, 4) is 0 Å². The first kappa shape index (κ1) is 10.8. The van der Waals surface area contributed by atoms with Crippen LogP contribution in [0, 0.1) is 23.7 Å². The van der Waals surface area contributed by atoms with Gasteiger partial charge in [0.15, 0.2) is 0 Å². The fraction of sp³-hybridized carbons (Fsp3) is 1.00. The Labute approximate surface area is 105 Å². The molecule has 4 saturated heterocycles. The van der Waals surface area contributed by atoms with Gasteiger partial charge in [0, 0.05) is 24.2 Å². The summed E-state index contributed by atoms with van der Waals surface area (Å²) in [6, 6.07) is 3.42. The zero-order valence-electron chi connectivity index (χ0n) is 11.2. The maximum Gasteiger partial charge on any atom is 0.0119 e. The summed E-state index contributed by atoms with van der Waals surface area (Å²) in [7, 11) is 0. The maximum atomic E-state index is 3.90. The van der Waals surface area contributed by atoms with Crippen molar-refractivity contribution in [2.75, 3.05) is 0 Å². The Morgan fingerprint density at radius 2 is 1.35 bits per heavy atom. The van der Waals surface area contributed by atoms with Gasteiger partial charge in [0.05, 0.1) is 0 Å². The molecule has 0 radical (unpaired) electrons. The second kappa shape index (κ2) is 3.71. The fourth-order valence-electron chi connectivity index (χ4n) is 5.66. The minimum atomic E-state index is 0.843. The van der Waals surface area contributed by atoms with Crippen molar-refractivity contribution in [3.63, 3.8) is 0 Å². The highest BCUT2D eigenvalue weighted by atomic mass is 15.1. The van der Waals surface area contributed by atoms with Gasteiger partial charge in [-0.25, -0.2) is 0 Å². The first-order valence-electron chi connectivity index (χ1n) is 7.74. The number of piperidine rings is 2. The molecule has 4 aliphatic heterocycles. The lowest BCUT2D eigenvalue weighted by molar-refractivity contribution is -0.0149. The Morgan fingerprint density at radius 1 is 0.706 bits per heavy atom. The number of nitrogens with one attached hydrogen (secondary N) is 2. The molecule has 4 heterocycles. The van der Waals surface area contributed by atoms with Crippen LogP contribution in [-0.4, -0.2) is 24.2 Å². The highest BCUT2D eigenvalue weighted by Crippen LogP contribution is 2.49. The number of hydrogen-bond donors (Lipinski definition) is 2. The molecule has 5 fully saturated rings. The van der Waals surface area contributed by atoms with E-state index in [1.165, 1.54) is 32.1 Å². The minimum absolute atomic E-state index is 0.843. The monoisotopic (exact) mass is 234 g/mol. The van der Waals surface area contributed by atoms with Gasteiger partial charge in [0.1, 0.15) is 0 Å². The van der Waals surface area contributed by atoms with E-state index < -0.39 is 0 Å². The van der Waals surface area contributed by atoms with Gasteiger partial charge < -0.3 is 10.6 Å². The van der Waals surface area contributed by atoms with Gasteiger partial charge in [-0.3, -0.25) is 0 Å². The van der Waals surface area contributed by atoms with Gasteiger partial charge in [0.2, 0.25) is 0 Å². The maximum absolute atomic E-state index is 3.90. The second-order valence-electron chi connectivity index (χ2n) is 7.33. The van der Waals surface area contributed by atoms with E-state index >= 15 is 0 Å². The molecule has 0 aromatic rings. The topological polar surface area (TPSA) is 24.1 Å². The van der Waals surface area contributed by atoms with Gasteiger partial charge in [-0.15, -0.1) is 0 Å². The fourth-order valence-corrected chi connectivity index (χ4v) is 5.66. The van der Waals surface area contributed by atoms with Crippen LogP contribution in [0.25, 0.3) is 0 Å². The molecule has 0 spiro atoms. The lowest BCUT2D eigenvalue weighted by Gasteiger charge is -2.56. The van der Waals surface area contributed by atoms with E-state index in [2.05, 4.69) is 24.5 Å². The van der Waals surface area contributed by atoms with Crippen molar-refractivity contribution in [1.29, 1.82) is 0 Å². The lowest BCUT2D eigenvalue weighted by Crippen LogP contribution is -2.66. The predicted octanol–water partition coefficient (Wildman–Crippen LogP) is 2.15. The summed E-state index contributed by atoms with van der Waals surface area (Å²) in [5.41, 5.74) is 0. The van der Waals surface area contributed by atoms with Crippen molar-refractivity contribution < 1.29 is 0 Å². The van der Waals surface area contributed by atoms with Gasteiger partial charge in [-0.2, -0.15) is 0 Å². The van der Waals surface area contributed by atoms with Gasteiger partial charge >= 0.3 is 0 Å². The van der Waals surface area contributed by atoms with Crippen LogP contribution in [0.1, 0.15) is 46.0 Å². The summed E-state index contributed by atoms with van der Waals surface area (Å²) >= 11 is 0. The highest BCUT2D eigenvalue weighted by Gasteiger charge is 2.52. The molecule has 1 saturated carbocycles. The third-order valence-electron chi connectivity index (χ3n) is 6.26. The largest absolute Gasteiger partial charge is 0.311 e. The Balaban J connectivity index is 1.59. The summed E-state index contributed by atoms with van der Waals surface area (Å²) in [6.45, 7) is 5.03. The highest BCUT2D eigenvalue weighted by molar-refractivity contribution is 5.08. The van der Waals surface area contributed by atoms with Crippen LogP contribution in [0.4, 0.5) is 0 Å². The molecule has 5 aliphatic rings. The molecule has 5 rings (SSSR count). The van der Waals surface area contributed by atoms with Crippen LogP contribution in [0.2, 0.25) is 0 Å². The quantitative estimate of drug-likeness (QED) is 0.726. The van der Waals surface area contributed by atoms with Crippen LogP contribution >= 0.6 is 0 Å². The smallest absolute Gasteiger partial charge is 0.0119 e. The van der Waals surface area contributed by atoms with E-state index in [1.807, 2.05) is 0 Å². The average molecular weight is 234 g/mol. The van der Waals surface area contributed by atoms with Crippen molar-refractivity contribution in [2.45, 2.75) is 70.1 Å². The summed E-state index contributed by atoms with van der Waals surface area (Å²) in [5, 5.41) is 7.71. The predicted molar refractivity (Wildman–Crippen MR) is 69.8 cm³/mol. The van der Waals surface area contributed by atoms with Crippen LogP contribution in [-0.2, 0) is 0 Å². The van der Waals surface area contributed by atoms with E-state index in [-0.39, 0.29) is 0 Å². The van der Waals surface area contributed by atoms with Crippen molar-refractivity contribution >= 4 is 0 Å². The van der Waals surface area contributed by atoms with Crippen molar-refractivity contribution in [2.24, 2.45) is 23.7 Å².